The minimum atomic E-state index is -0.0177. The summed E-state index contributed by atoms with van der Waals surface area (Å²) in [5.41, 5.74) is 0. The van der Waals surface area contributed by atoms with E-state index in [1.54, 1.807) is 0 Å². The van der Waals surface area contributed by atoms with Gasteiger partial charge in [-0.25, -0.2) is 0 Å². The van der Waals surface area contributed by atoms with Gasteiger partial charge in [-0.15, -0.1) is 0 Å². The van der Waals surface area contributed by atoms with E-state index in [4.69, 9.17) is 0 Å². The van der Waals surface area contributed by atoms with Crippen LogP contribution in [-0.2, 0) is 9.59 Å². The molecular weight excluding hydrogens is 264 g/mol. The van der Waals surface area contributed by atoms with Crippen molar-refractivity contribution in [1.82, 2.24) is 10.6 Å². The molecule has 1 saturated carbocycles. The normalized spacial score (nSPS) is 25.7. The van der Waals surface area contributed by atoms with E-state index in [9.17, 15) is 9.59 Å². The van der Waals surface area contributed by atoms with Crippen LogP contribution in [0.2, 0.25) is 0 Å². The first-order valence-corrected chi connectivity index (χ1v) is 8.46. The number of carbonyl (C=O) groups is 2. The molecule has 0 aliphatic heterocycles. The number of amides is 2. The number of hydrogen-bond donors (Lipinski definition) is 2. The Morgan fingerprint density at radius 3 is 2.43 bits per heavy atom. The molecule has 2 amide bonds. The van der Waals surface area contributed by atoms with Gasteiger partial charge in [-0.05, 0) is 30.6 Å². The van der Waals surface area contributed by atoms with E-state index >= 15 is 0 Å². The van der Waals surface area contributed by atoms with Crippen molar-refractivity contribution >= 4 is 11.8 Å². The van der Waals surface area contributed by atoms with Gasteiger partial charge >= 0.3 is 0 Å². The lowest BCUT2D eigenvalue weighted by Gasteiger charge is -2.34. The maximum absolute atomic E-state index is 12.0. The van der Waals surface area contributed by atoms with Gasteiger partial charge in [0, 0.05) is 25.4 Å². The molecule has 2 N–H and O–H groups in total. The SMILES string of the molecule is CC(C)CCNC(=O)CCC(=O)N[C@@H]1CCC[C@@H](C)[C@@H]1C. The maximum Gasteiger partial charge on any atom is 0.220 e. The Bertz CT molecular complexity index is 342. The summed E-state index contributed by atoms with van der Waals surface area (Å²) in [7, 11) is 0. The van der Waals surface area contributed by atoms with Crippen LogP contribution in [0, 0.1) is 17.8 Å². The monoisotopic (exact) mass is 296 g/mol. The quantitative estimate of drug-likeness (QED) is 0.759. The van der Waals surface area contributed by atoms with Gasteiger partial charge in [-0.2, -0.15) is 0 Å². The highest BCUT2D eigenvalue weighted by Gasteiger charge is 2.27. The first-order chi connectivity index (χ1) is 9.90. The summed E-state index contributed by atoms with van der Waals surface area (Å²) in [6.07, 6.45) is 5.08. The minimum Gasteiger partial charge on any atom is -0.356 e. The van der Waals surface area contributed by atoms with Gasteiger partial charge in [0.05, 0.1) is 0 Å². The summed E-state index contributed by atoms with van der Waals surface area (Å²) in [6.45, 7) is 9.44. The van der Waals surface area contributed by atoms with E-state index in [1.807, 2.05) is 0 Å². The van der Waals surface area contributed by atoms with Gasteiger partial charge in [0.1, 0.15) is 0 Å². The average Bonchev–Trinajstić information content (AvgIpc) is 2.41. The molecule has 0 aromatic rings. The topological polar surface area (TPSA) is 58.2 Å². The van der Waals surface area contributed by atoms with Gasteiger partial charge in [0.2, 0.25) is 11.8 Å². The molecule has 4 heteroatoms. The summed E-state index contributed by atoms with van der Waals surface area (Å²) in [5, 5.41) is 5.98. The first-order valence-electron chi connectivity index (χ1n) is 8.46. The van der Waals surface area contributed by atoms with E-state index in [2.05, 4.69) is 38.3 Å². The van der Waals surface area contributed by atoms with Crippen LogP contribution >= 0.6 is 0 Å². The van der Waals surface area contributed by atoms with Gasteiger partial charge in [0.25, 0.3) is 0 Å². The van der Waals surface area contributed by atoms with Crippen molar-refractivity contribution in [3.63, 3.8) is 0 Å². The fourth-order valence-electron chi connectivity index (χ4n) is 2.88. The van der Waals surface area contributed by atoms with Gasteiger partial charge in [-0.3, -0.25) is 9.59 Å². The Kier molecular flexibility index (Phi) is 7.76. The highest BCUT2D eigenvalue weighted by molar-refractivity contribution is 5.83. The molecule has 0 bridgehead atoms. The molecule has 0 saturated heterocycles. The fraction of sp³-hybridized carbons (Fsp3) is 0.882. The molecule has 0 aromatic carbocycles. The lowest BCUT2D eigenvalue weighted by molar-refractivity contribution is -0.127. The largest absolute Gasteiger partial charge is 0.356 e. The summed E-state index contributed by atoms with van der Waals surface area (Å²) in [5.74, 6) is 1.78. The molecule has 1 rings (SSSR count). The van der Waals surface area contributed by atoms with E-state index in [0.717, 1.165) is 12.8 Å². The van der Waals surface area contributed by atoms with Crippen LogP contribution in [0.3, 0.4) is 0 Å². The molecule has 1 aliphatic rings. The predicted molar refractivity (Wildman–Crippen MR) is 85.8 cm³/mol. The van der Waals surface area contributed by atoms with Crippen molar-refractivity contribution in [1.29, 1.82) is 0 Å². The number of carbonyl (C=O) groups excluding carboxylic acids is 2. The summed E-state index contributed by atoms with van der Waals surface area (Å²) < 4.78 is 0. The lowest BCUT2D eigenvalue weighted by atomic mass is 9.78. The van der Waals surface area contributed by atoms with Crippen molar-refractivity contribution in [2.45, 2.75) is 72.3 Å². The highest BCUT2D eigenvalue weighted by atomic mass is 16.2. The smallest absolute Gasteiger partial charge is 0.220 e. The van der Waals surface area contributed by atoms with Crippen LogP contribution in [0.25, 0.3) is 0 Å². The second kappa shape index (κ2) is 9.06. The minimum absolute atomic E-state index is 0.0139. The molecule has 0 radical (unpaired) electrons. The van der Waals surface area contributed by atoms with Crippen molar-refractivity contribution in [2.75, 3.05) is 6.54 Å². The van der Waals surface area contributed by atoms with Crippen molar-refractivity contribution in [2.24, 2.45) is 17.8 Å². The zero-order valence-electron chi connectivity index (χ0n) is 14.1. The Hall–Kier alpha value is -1.06. The van der Waals surface area contributed by atoms with Gasteiger partial charge in [0.15, 0.2) is 0 Å². The summed E-state index contributed by atoms with van der Waals surface area (Å²) >= 11 is 0. The van der Waals surface area contributed by atoms with Gasteiger partial charge in [-0.1, -0.05) is 40.5 Å². The van der Waals surface area contributed by atoms with Crippen LogP contribution < -0.4 is 10.6 Å². The van der Waals surface area contributed by atoms with Crippen LogP contribution in [0.1, 0.15) is 66.2 Å². The molecule has 0 aromatic heterocycles. The van der Waals surface area contributed by atoms with Crippen molar-refractivity contribution in [3.05, 3.63) is 0 Å². The molecular formula is C17H32N2O2. The Morgan fingerprint density at radius 2 is 1.76 bits per heavy atom. The number of hydrogen-bond acceptors (Lipinski definition) is 2. The predicted octanol–water partition coefficient (Wildman–Crippen LogP) is 2.87. The Labute approximate surface area is 129 Å². The lowest BCUT2D eigenvalue weighted by Crippen LogP contribution is -2.43. The summed E-state index contributed by atoms with van der Waals surface area (Å²) in [4.78, 5) is 23.6. The van der Waals surface area contributed by atoms with E-state index < -0.39 is 0 Å². The van der Waals surface area contributed by atoms with Crippen molar-refractivity contribution in [3.8, 4) is 0 Å². The molecule has 0 spiro atoms. The zero-order valence-corrected chi connectivity index (χ0v) is 14.1. The third-order valence-electron chi connectivity index (χ3n) is 4.68. The molecule has 4 nitrogen and oxygen atoms in total. The van der Waals surface area contributed by atoms with E-state index in [0.29, 0.717) is 37.1 Å². The second-order valence-corrected chi connectivity index (χ2v) is 6.97. The maximum atomic E-state index is 12.0. The average molecular weight is 296 g/mol. The molecule has 21 heavy (non-hydrogen) atoms. The third-order valence-corrected chi connectivity index (χ3v) is 4.68. The van der Waals surface area contributed by atoms with Crippen LogP contribution in [0.15, 0.2) is 0 Å². The van der Waals surface area contributed by atoms with E-state index in [1.165, 1.54) is 12.8 Å². The van der Waals surface area contributed by atoms with E-state index in [-0.39, 0.29) is 17.9 Å². The fourth-order valence-corrected chi connectivity index (χ4v) is 2.88. The van der Waals surface area contributed by atoms with Crippen LogP contribution in [0.4, 0.5) is 0 Å². The second-order valence-electron chi connectivity index (χ2n) is 6.97. The molecule has 0 unspecified atom stereocenters. The number of nitrogens with one attached hydrogen (secondary N) is 2. The summed E-state index contributed by atoms with van der Waals surface area (Å²) in [6, 6.07) is 0.283. The Balaban J connectivity index is 2.20. The molecule has 3 atom stereocenters. The molecule has 0 heterocycles. The molecule has 1 fully saturated rings. The highest BCUT2D eigenvalue weighted by Crippen LogP contribution is 2.29. The molecule has 1 aliphatic carbocycles. The van der Waals surface area contributed by atoms with Gasteiger partial charge < -0.3 is 10.6 Å². The van der Waals surface area contributed by atoms with Crippen molar-refractivity contribution < 1.29 is 9.59 Å². The van der Waals surface area contributed by atoms with Crippen LogP contribution in [-0.4, -0.2) is 24.4 Å². The third kappa shape index (κ3) is 6.96. The zero-order chi connectivity index (χ0) is 15.8. The standard InChI is InChI=1S/C17H32N2O2/c1-12(2)10-11-18-16(20)8-9-17(21)19-15-7-5-6-13(3)14(15)4/h12-15H,5-11H2,1-4H3,(H,18,20)(H,19,21)/t13-,14+,15-/m1/s1. The Morgan fingerprint density at radius 1 is 1.10 bits per heavy atom. The molecule has 122 valence electrons. The van der Waals surface area contributed by atoms with Crippen LogP contribution in [0.5, 0.6) is 0 Å². The first kappa shape index (κ1) is 18.0. The number of rotatable bonds is 7.